The van der Waals surface area contributed by atoms with Gasteiger partial charge in [-0.15, -0.1) is 0 Å². The summed E-state index contributed by atoms with van der Waals surface area (Å²) in [7, 11) is 3.14. The second-order valence-electron chi connectivity index (χ2n) is 2.34. The number of hydrogen-bond donors (Lipinski definition) is 1. The van der Waals surface area contributed by atoms with Crippen LogP contribution in [0.1, 0.15) is 0 Å². The van der Waals surface area contributed by atoms with Gasteiger partial charge in [0.05, 0.1) is 12.6 Å². The molecule has 0 aromatic rings. The van der Waals surface area contributed by atoms with Crippen LogP contribution in [0.15, 0.2) is 0 Å². The highest BCUT2D eigenvalue weighted by molar-refractivity contribution is 4.87. The molecule has 1 atom stereocenters. The van der Waals surface area contributed by atoms with E-state index in [1.165, 1.54) is 0 Å². The SMILES string of the molecule is COC1(OC)COC[C@@H]1N. The molecule has 0 aromatic heterocycles. The molecule has 0 radical (unpaired) electrons. The zero-order valence-electron chi connectivity index (χ0n) is 6.29. The van der Waals surface area contributed by atoms with E-state index in [9.17, 15) is 0 Å². The van der Waals surface area contributed by atoms with Crippen LogP contribution in [0.4, 0.5) is 0 Å². The Labute approximate surface area is 60.2 Å². The van der Waals surface area contributed by atoms with Crippen LogP contribution in [0, 0.1) is 0 Å². The van der Waals surface area contributed by atoms with Gasteiger partial charge in [-0.1, -0.05) is 0 Å². The minimum Gasteiger partial charge on any atom is -0.374 e. The van der Waals surface area contributed by atoms with E-state index in [4.69, 9.17) is 19.9 Å². The van der Waals surface area contributed by atoms with Crippen LogP contribution in [0.2, 0.25) is 0 Å². The summed E-state index contributed by atoms with van der Waals surface area (Å²) in [6.45, 7) is 0.919. The Morgan fingerprint density at radius 2 is 2.10 bits per heavy atom. The molecular weight excluding hydrogens is 134 g/mol. The van der Waals surface area contributed by atoms with Crippen LogP contribution in [-0.2, 0) is 14.2 Å². The Bertz CT molecular complexity index is 114. The van der Waals surface area contributed by atoms with E-state index in [1.54, 1.807) is 14.2 Å². The summed E-state index contributed by atoms with van der Waals surface area (Å²) in [5.41, 5.74) is 5.66. The van der Waals surface area contributed by atoms with E-state index in [0.29, 0.717) is 13.2 Å². The van der Waals surface area contributed by atoms with Gasteiger partial charge in [-0.05, 0) is 0 Å². The maximum absolute atomic E-state index is 5.66. The number of rotatable bonds is 2. The lowest BCUT2D eigenvalue weighted by Gasteiger charge is -2.27. The maximum Gasteiger partial charge on any atom is 0.209 e. The second-order valence-corrected chi connectivity index (χ2v) is 2.34. The Morgan fingerprint density at radius 1 is 1.50 bits per heavy atom. The number of hydrogen-bond acceptors (Lipinski definition) is 4. The third-order valence-corrected chi connectivity index (χ3v) is 1.86. The highest BCUT2D eigenvalue weighted by atomic mass is 16.7. The number of methoxy groups -OCH3 is 2. The first-order valence-corrected chi connectivity index (χ1v) is 3.19. The van der Waals surface area contributed by atoms with Gasteiger partial charge in [0.15, 0.2) is 0 Å². The second kappa shape index (κ2) is 2.84. The fourth-order valence-electron chi connectivity index (χ4n) is 1.07. The molecule has 4 heteroatoms. The third-order valence-electron chi connectivity index (χ3n) is 1.86. The molecule has 0 bridgehead atoms. The molecule has 2 N–H and O–H groups in total. The Balaban J connectivity index is 2.61. The van der Waals surface area contributed by atoms with Crippen molar-refractivity contribution >= 4 is 0 Å². The first-order chi connectivity index (χ1) is 4.75. The van der Waals surface area contributed by atoms with Gasteiger partial charge in [0.1, 0.15) is 6.61 Å². The summed E-state index contributed by atoms with van der Waals surface area (Å²) < 4.78 is 15.3. The van der Waals surface area contributed by atoms with Crippen molar-refractivity contribution in [2.45, 2.75) is 11.8 Å². The third kappa shape index (κ3) is 1.03. The van der Waals surface area contributed by atoms with Gasteiger partial charge in [-0.3, -0.25) is 0 Å². The quantitative estimate of drug-likeness (QED) is 0.526. The van der Waals surface area contributed by atoms with Gasteiger partial charge in [-0.25, -0.2) is 0 Å². The predicted molar refractivity (Wildman–Crippen MR) is 35.5 cm³/mol. The first kappa shape index (κ1) is 7.94. The molecule has 1 rings (SSSR count). The summed E-state index contributed by atoms with van der Waals surface area (Å²) in [6, 6.07) is -0.178. The van der Waals surface area contributed by atoms with Crippen molar-refractivity contribution < 1.29 is 14.2 Å². The van der Waals surface area contributed by atoms with Crippen LogP contribution in [0.5, 0.6) is 0 Å². The van der Waals surface area contributed by atoms with E-state index < -0.39 is 5.79 Å². The van der Waals surface area contributed by atoms with Crippen molar-refractivity contribution in [2.24, 2.45) is 5.73 Å². The van der Waals surface area contributed by atoms with Gasteiger partial charge in [0, 0.05) is 14.2 Å². The monoisotopic (exact) mass is 147 g/mol. The predicted octanol–water partition coefficient (Wildman–Crippen LogP) is -0.667. The summed E-state index contributed by atoms with van der Waals surface area (Å²) in [4.78, 5) is 0. The normalized spacial score (nSPS) is 30.9. The molecule has 1 heterocycles. The lowest BCUT2D eigenvalue weighted by Crippen LogP contribution is -2.50. The molecule has 1 fully saturated rings. The summed E-state index contributed by atoms with van der Waals surface area (Å²) in [5.74, 6) is -0.708. The molecule has 60 valence electrons. The van der Waals surface area contributed by atoms with Crippen molar-refractivity contribution in [3.63, 3.8) is 0 Å². The highest BCUT2D eigenvalue weighted by Crippen LogP contribution is 2.21. The molecule has 0 saturated carbocycles. The molecule has 1 saturated heterocycles. The fourth-order valence-corrected chi connectivity index (χ4v) is 1.07. The smallest absolute Gasteiger partial charge is 0.209 e. The van der Waals surface area contributed by atoms with Crippen LogP contribution in [0.3, 0.4) is 0 Å². The van der Waals surface area contributed by atoms with Crippen LogP contribution in [0.25, 0.3) is 0 Å². The van der Waals surface area contributed by atoms with Crippen molar-refractivity contribution in [3.05, 3.63) is 0 Å². The zero-order chi connectivity index (χ0) is 7.61. The molecule has 0 amide bonds. The van der Waals surface area contributed by atoms with Crippen molar-refractivity contribution in [3.8, 4) is 0 Å². The minimum absolute atomic E-state index is 0.178. The molecule has 0 unspecified atom stereocenters. The molecule has 0 spiro atoms. The van der Waals surface area contributed by atoms with E-state index in [1.807, 2.05) is 0 Å². The minimum atomic E-state index is -0.708. The average Bonchev–Trinajstić information content (AvgIpc) is 2.32. The molecule has 0 aliphatic carbocycles. The fraction of sp³-hybridized carbons (Fsp3) is 1.00. The van der Waals surface area contributed by atoms with Crippen LogP contribution >= 0.6 is 0 Å². The van der Waals surface area contributed by atoms with Crippen molar-refractivity contribution in [1.82, 2.24) is 0 Å². The summed E-state index contributed by atoms with van der Waals surface area (Å²) in [6.07, 6.45) is 0. The van der Waals surface area contributed by atoms with E-state index in [0.717, 1.165) is 0 Å². The number of ether oxygens (including phenoxy) is 3. The van der Waals surface area contributed by atoms with E-state index >= 15 is 0 Å². The highest BCUT2D eigenvalue weighted by Gasteiger charge is 2.42. The van der Waals surface area contributed by atoms with Gasteiger partial charge >= 0.3 is 0 Å². The Hall–Kier alpha value is -0.160. The lowest BCUT2D eigenvalue weighted by molar-refractivity contribution is -0.209. The molecule has 0 aromatic carbocycles. The van der Waals surface area contributed by atoms with Crippen molar-refractivity contribution in [1.29, 1.82) is 0 Å². The summed E-state index contributed by atoms with van der Waals surface area (Å²) in [5, 5.41) is 0. The van der Waals surface area contributed by atoms with Gasteiger partial charge in [0.2, 0.25) is 5.79 Å². The first-order valence-electron chi connectivity index (χ1n) is 3.19. The molecule has 1 aliphatic rings. The Kier molecular flexibility index (Phi) is 2.25. The van der Waals surface area contributed by atoms with E-state index in [2.05, 4.69) is 0 Å². The molecule has 4 nitrogen and oxygen atoms in total. The number of nitrogens with two attached hydrogens (primary N) is 1. The Morgan fingerprint density at radius 3 is 2.30 bits per heavy atom. The maximum atomic E-state index is 5.66. The summed E-state index contributed by atoms with van der Waals surface area (Å²) >= 11 is 0. The van der Waals surface area contributed by atoms with Gasteiger partial charge in [0.25, 0.3) is 0 Å². The average molecular weight is 147 g/mol. The van der Waals surface area contributed by atoms with Gasteiger partial charge < -0.3 is 19.9 Å². The molecular formula is C6H13NO3. The van der Waals surface area contributed by atoms with E-state index in [-0.39, 0.29) is 6.04 Å². The standard InChI is InChI=1S/C6H13NO3/c1-8-6(9-2)4-10-3-5(6)7/h5H,3-4,7H2,1-2H3/t5-/m0/s1. The van der Waals surface area contributed by atoms with Gasteiger partial charge in [-0.2, -0.15) is 0 Å². The van der Waals surface area contributed by atoms with Crippen LogP contribution in [-0.4, -0.2) is 39.3 Å². The molecule has 1 aliphatic heterocycles. The largest absolute Gasteiger partial charge is 0.374 e. The van der Waals surface area contributed by atoms with Crippen molar-refractivity contribution in [2.75, 3.05) is 27.4 Å². The topological polar surface area (TPSA) is 53.7 Å². The van der Waals surface area contributed by atoms with Crippen LogP contribution < -0.4 is 5.73 Å². The molecule has 10 heavy (non-hydrogen) atoms. The lowest BCUT2D eigenvalue weighted by atomic mass is 10.2. The zero-order valence-corrected chi connectivity index (χ0v) is 6.29.